The van der Waals surface area contributed by atoms with E-state index >= 15 is 0 Å². The SMILES string of the molecule is CCCC1=C2[C@@H](CC/C(=C/c3ccc(O)c4ccccc34)c3ccccn3)OB(O)C[C@@H]2[C@@H]2C(=O)N(c3cccc([N+](=O)[O-])c3)C(=O)[C@@H]2C1. The first kappa shape index (κ1) is 32.4. The zero-order valence-corrected chi connectivity index (χ0v) is 27.1. The van der Waals surface area contributed by atoms with Crippen LogP contribution in [0.2, 0.25) is 6.32 Å². The maximum Gasteiger partial charge on any atom is 0.455 e. The van der Waals surface area contributed by atoms with Crippen LogP contribution >= 0.6 is 0 Å². The van der Waals surface area contributed by atoms with E-state index in [0.29, 0.717) is 19.3 Å². The first-order valence-corrected chi connectivity index (χ1v) is 16.8. The van der Waals surface area contributed by atoms with Gasteiger partial charge in [-0.25, -0.2) is 4.90 Å². The van der Waals surface area contributed by atoms with Gasteiger partial charge in [-0.15, -0.1) is 0 Å². The fraction of sp³-hybridized carbons (Fsp3) is 0.289. The van der Waals surface area contributed by atoms with Gasteiger partial charge in [-0.05, 0) is 90.4 Å². The fourth-order valence-electron chi connectivity index (χ4n) is 8.04. The van der Waals surface area contributed by atoms with Crippen molar-refractivity contribution in [3.05, 3.63) is 118 Å². The molecule has 4 atom stereocenters. The van der Waals surface area contributed by atoms with Crippen LogP contribution in [0.5, 0.6) is 5.75 Å². The predicted molar refractivity (Wildman–Crippen MR) is 187 cm³/mol. The molecular weight excluding hydrogens is 621 g/mol. The summed E-state index contributed by atoms with van der Waals surface area (Å²) < 4.78 is 6.25. The molecule has 1 aliphatic carbocycles. The first-order valence-electron chi connectivity index (χ1n) is 16.8. The normalized spacial score (nSPS) is 22.4. The minimum Gasteiger partial charge on any atom is -0.507 e. The Hall–Kier alpha value is -5.13. The lowest BCUT2D eigenvalue weighted by atomic mass is 9.58. The molecule has 0 bridgehead atoms. The van der Waals surface area contributed by atoms with Crippen LogP contribution in [0.1, 0.15) is 50.3 Å². The minimum atomic E-state index is -1.13. The van der Waals surface area contributed by atoms with Crippen LogP contribution in [-0.2, 0) is 14.2 Å². The highest BCUT2D eigenvalue weighted by Gasteiger charge is 2.57. The molecule has 11 heteroatoms. The minimum absolute atomic E-state index is 0.185. The van der Waals surface area contributed by atoms with E-state index in [2.05, 4.69) is 18.0 Å². The van der Waals surface area contributed by atoms with Gasteiger partial charge in [0.15, 0.2) is 0 Å². The molecule has 4 aromatic rings. The molecule has 2 fully saturated rings. The van der Waals surface area contributed by atoms with Crippen molar-refractivity contribution >= 4 is 52.7 Å². The van der Waals surface area contributed by atoms with Crippen molar-refractivity contribution in [2.45, 2.75) is 51.5 Å². The number of benzene rings is 3. The number of phenols is 1. The lowest BCUT2D eigenvalue weighted by Crippen LogP contribution is -2.46. The number of carbonyl (C=O) groups is 2. The average Bonchev–Trinajstić information content (AvgIpc) is 3.36. The van der Waals surface area contributed by atoms with Crippen molar-refractivity contribution in [1.82, 2.24) is 4.98 Å². The number of nitro groups is 1. The van der Waals surface area contributed by atoms with Gasteiger partial charge in [0, 0.05) is 23.7 Å². The summed E-state index contributed by atoms with van der Waals surface area (Å²) in [6.45, 7) is 2.07. The second-order valence-corrected chi connectivity index (χ2v) is 13.0. The van der Waals surface area contributed by atoms with Crippen LogP contribution < -0.4 is 4.90 Å². The van der Waals surface area contributed by atoms with Crippen LogP contribution in [0.3, 0.4) is 0 Å². The Bertz CT molecular complexity index is 2010. The smallest absolute Gasteiger partial charge is 0.455 e. The van der Waals surface area contributed by atoms with Crippen molar-refractivity contribution in [3.63, 3.8) is 0 Å². The molecule has 1 aromatic heterocycles. The summed E-state index contributed by atoms with van der Waals surface area (Å²) in [5.74, 6) is -2.26. The van der Waals surface area contributed by atoms with Gasteiger partial charge in [-0.1, -0.05) is 61.4 Å². The number of non-ortho nitro benzene ring substituents is 1. The van der Waals surface area contributed by atoms with E-state index in [-0.39, 0.29) is 29.4 Å². The van der Waals surface area contributed by atoms with Gasteiger partial charge >= 0.3 is 7.12 Å². The molecule has 2 aliphatic heterocycles. The maximum absolute atomic E-state index is 14.1. The number of phenolic OH excluding ortho intramolecular Hbond substituents is 1. The van der Waals surface area contributed by atoms with Crippen molar-refractivity contribution in [1.29, 1.82) is 0 Å². The number of imide groups is 1. The van der Waals surface area contributed by atoms with Crippen LogP contribution in [0.15, 0.2) is 96.2 Å². The van der Waals surface area contributed by atoms with E-state index < -0.39 is 41.8 Å². The Morgan fingerprint density at radius 1 is 1.04 bits per heavy atom. The number of aromatic hydroxyl groups is 1. The summed E-state index contributed by atoms with van der Waals surface area (Å²) in [5.41, 5.74) is 4.74. The molecular formula is C38H36BN3O7. The third-order valence-electron chi connectivity index (χ3n) is 10.1. The zero-order valence-electron chi connectivity index (χ0n) is 27.1. The van der Waals surface area contributed by atoms with Gasteiger partial charge in [0.2, 0.25) is 11.8 Å². The summed E-state index contributed by atoms with van der Waals surface area (Å²) in [7, 11) is -1.13. The highest BCUT2D eigenvalue weighted by atomic mass is 16.6. The number of carbonyl (C=O) groups excluding carboxylic acids is 2. The Balaban J connectivity index is 1.23. The van der Waals surface area contributed by atoms with Crippen molar-refractivity contribution < 1.29 is 29.3 Å². The van der Waals surface area contributed by atoms with E-state index in [1.54, 1.807) is 18.3 Å². The molecule has 0 radical (unpaired) electrons. The number of pyridine rings is 1. The number of aromatic nitrogens is 1. The number of nitrogens with zero attached hydrogens (tertiary/aromatic N) is 3. The van der Waals surface area contributed by atoms with Crippen LogP contribution in [0.4, 0.5) is 11.4 Å². The Labute approximate surface area is 284 Å². The van der Waals surface area contributed by atoms with Gasteiger partial charge in [0.1, 0.15) is 5.75 Å². The van der Waals surface area contributed by atoms with E-state index in [4.69, 9.17) is 4.65 Å². The Morgan fingerprint density at radius 2 is 1.84 bits per heavy atom. The number of hydrogen-bond donors (Lipinski definition) is 2. The van der Waals surface area contributed by atoms with Gasteiger partial charge < -0.3 is 14.8 Å². The van der Waals surface area contributed by atoms with Crippen LogP contribution in [0.25, 0.3) is 22.4 Å². The van der Waals surface area contributed by atoms with Gasteiger partial charge in [-0.3, -0.25) is 24.7 Å². The molecule has 2 amide bonds. The number of anilines is 1. The number of hydrogen-bond acceptors (Lipinski definition) is 8. The Kier molecular flexibility index (Phi) is 8.87. The quantitative estimate of drug-likeness (QED) is 0.0646. The summed E-state index contributed by atoms with van der Waals surface area (Å²) in [5, 5.41) is 34.7. The van der Waals surface area contributed by atoms with E-state index in [1.807, 2.05) is 48.5 Å². The van der Waals surface area contributed by atoms with Crippen molar-refractivity contribution in [3.8, 4) is 5.75 Å². The summed E-state index contributed by atoms with van der Waals surface area (Å²) in [4.78, 5) is 44.7. The molecule has 10 nitrogen and oxygen atoms in total. The lowest BCUT2D eigenvalue weighted by molar-refractivity contribution is -0.384. The van der Waals surface area contributed by atoms with Gasteiger partial charge in [0.05, 0.1) is 34.2 Å². The van der Waals surface area contributed by atoms with Gasteiger partial charge in [-0.2, -0.15) is 0 Å². The molecule has 2 N–H and O–H groups in total. The molecule has 0 spiro atoms. The largest absolute Gasteiger partial charge is 0.507 e. The van der Waals surface area contributed by atoms with Crippen LogP contribution in [-0.4, -0.2) is 45.1 Å². The molecule has 49 heavy (non-hydrogen) atoms. The monoisotopic (exact) mass is 657 g/mol. The molecule has 0 unspecified atom stereocenters. The van der Waals surface area contributed by atoms with Crippen LogP contribution in [0, 0.1) is 27.9 Å². The molecule has 3 aliphatic rings. The number of allylic oxidation sites excluding steroid dienone is 2. The topological polar surface area (TPSA) is 143 Å². The maximum atomic E-state index is 14.1. The second-order valence-electron chi connectivity index (χ2n) is 13.0. The third-order valence-corrected chi connectivity index (χ3v) is 10.1. The molecule has 3 aromatic carbocycles. The molecule has 7 rings (SSSR count). The molecule has 2 saturated heterocycles. The number of nitro benzene ring substituents is 1. The number of amides is 2. The second kappa shape index (κ2) is 13.4. The van der Waals surface area contributed by atoms with Crippen molar-refractivity contribution in [2.24, 2.45) is 17.8 Å². The third kappa shape index (κ3) is 6.04. The van der Waals surface area contributed by atoms with E-state index in [9.17, 15) is 29.8 Å². The standard InChI is InChI=1S/C38H36BN3O7/c1-2-8-25-20-30-36(38(45)41(37(30)44)26-9-7-10-27(21-26)42(47)48)31-22-39(46)49-34(35(25)31)17-15-24(32-13-5-6-18-40-32)19-23-14-16-33(43)29-12-4-3-11-28(23)29/h3-7,9-14,16,18-19,21,30-31,34,36,43,46H,2,8,15,17,20,22H2,1H3/b24-19-/t30-,31+,34-,36-/m1/s1. The van der Waals surface area contributed by atoms with Gasteiger partial charge in [0.25, 0.3) is 5.69 Å². The number of rotatable bonds is 9. The summed E-state index contributed by atoms with van der Waals surface area (Å²) in [6, 6.07) is 22.6. The summed E-state index contributed by atoms with van der Waals surface area (Å²) in [6.07, 6.45) is 6.53. The zero-order chi connectivity index (χ0) is 34.2. The Morgan fingerprint density at radius 3 is 2.59 bits per heavy atom. The molecule has 3 heterocycles. The molecule has 248 valence electrons. The fourth-order valence-corrected chi connectivity index (χ4v) is 8.04. The number of fused-ring (bicyclic) bond motifs is 4. The van der Waals surface area contributed by atoms with E-state index in [1.165, 1.54) is 18.2 Å². The highest BCUT2D eigenvalue weighted by Crippen LogP contribution is 2.52. The summed E-state index contributed by atoms with van der Waals surface area (Å²) >= 11 is 0. The highest BCUT2D eigenvalue weighted by molar-refractivity contribution is 6.43. The van der Waals surface area contributed by atoms with Crippen molar-refractivity contribution in [2.75, 3.05) is 4.90 Å². The molecule has 0 saturated carbocycles. The van der Waals surface area contributed by atoms with E-state index in [0.717, 1.165) is 56.5 Å². The predicted octanol–water partition coefficient (Wildman–Crippen LogP) is 6.97. The average molecular weight is 658 g/mol. The first-order chi connectivity index (χ1) is 23.7. The lowest BCUT2D eigenvalue weighted by Gasteiger charge is -2.43.